The number of carbonyl (C=O) groups excluding carboxylic acids is 3. The molecule has 1 N–H and O–H groups in total. The molecule has 1 saturated carbocycles. The van der Waals surface area contributed by atoms with E-state index in [-0.39, 0.29) is 23.8 Å². The number of anilines is 2. The SMILES string of the molecule is CC(=O)Nc1ccc(C2=C(N3CCCc4ccccc43)C(=O)N(C3CCCCC3)C2=O)cc1. The lowest BCUT2D eigenvalue weighted by atomic mass is 9.94. The van der Waals surface area contributed by atoms with Crippen LogP contribution in [-0.2, 0) is 20.8 Å². The number of para-hydroxylation sites is 1. The fourth-order valence-corrected chi connectivity index (χ4v) is 5.41. The number of rotatable bonds is 4. The number of hydrogen-bond acceptors (Lipinski definition) is 4. The number of hydrogen-bond donors (Lipinski definition) is 1. The molecule has 0 saturated heterocycles. The van der Waals surface area contributed by atoms with E-state index in [0.717, 1.165) is 50.6 Å². The molecule has 2 heterocycles. The summed E-state index contributed by atoms with van der Waals surface area (Å²) in [4.78, 5) is 42.7. The van der Waals surface area contributed by atoms with Gasteiger partial charge in [-0.05, 0) is 55.0 Å². The third-order valence-electron chi connectivity index (χ3n) is 6.90. The van der Waals surface area contributed by atoms with E-state index in [0.29, 0.717) is 29.1 Å². The minimum Gasteiger partial charge on any atom is -0.336 e. The lowest BCUT2D eigenvalue weighted by Gasteiger charge is -2.33. The first-order valence-electron chi connectivity index (χ1n) is 11.9. The molecule has 0 bridgehead atoms. The number of carbonyl (C=O) groups is 3. The van der Waals surface area contributed by atoms with E-state index >= 15 is 0 Å². The third-order valence-corrected chi connectivity index (χ3v) is 6.90. The van der Waals surface area contributed by atoms with Crippen molar-refractivity contribution in [3.8, 4) is 0 Å². The number of nitrogens with one attached hydrogen (secondary N) is 1. The van der Waals surface area contributed by atoms with Gasteiger partial charge >= 0.3 is 0 Å². The van der Waals surface area contributed by atoms with Crippen LogP contribution in [0.5, 0.6) is 0 Å². The summed E-state index contributed by atoms with van der Waals surface area (Å²) in [6.45, 7) is 2.17. The molecule has 2 aromatic rings. The molecule has 0 radical (unpaired) electrons. The summed E-state index contributed by atoms with van der Waals surface area (Å²) in [7, 11) is 0. The maximum atomic E-state index is 13.9. The number of aryl methyl sites for hydroxylation is 1. The van der Waals surface area contributed by atoms with Crippen molar-refractivity contribution in [3.05, 3.63) is 65.4 Å². The third kappa shape index (κ3) is 3.94. The zero-order valence-electron chi connectivity index (χ0n) is 19.0. The van der Waals surface area contributed by atoms with Crippen molar-refractivity contribution < 1.29 is 14.4 Å². The van der Waals surface area contributed by atoms with E-state index in [4.69, 9.17) is 0 Å². The molecule has 6 heteroatoms. The Kier molecular flexibility index (Phi) is 5.75. The summed E-state index contributed by atoms with van der Waals surface area (Å²) < 4.78 is 0. The van der Waals surface area contributed by atoms with Gasteiger partial charge in [0.05, 0.1) is 5.57 Å². The van der Waals surface area contributed by atoms with E-state index in [2.05, 4.69) is 16.3 Å². The van der Waals surface area contributed by atoms with Gasteiger partial charge in [0.25, 0.3) is 11.8 Å². The van der Waals surface area contributed by atoms with Gasteiger partial charge in [-0.25, -0.2) is 0 Å². The van der Waals surface area contributed by atoms with E-state index in [1.807, 2.05) is 30.3 Å². The van der Waals surface area contributed by atoms with E-state index in [1.54, 1.807) is 12.1 Å². The second kappa shape index (κ2) is 8.85. The van der Waals surface area contributed by atoms with E-state index < -0.39 is 0 Å². The Labute approximate surface area is 194 Å². The minimum absolute atomic E-state index is 0.0371. The van der Waals surface area contributed by atoms with Crippen LogP contribution < -0.4 is 10.2 Å². The second-order valence-electron chi connectivity index (χ2n) is 9.14. The van der Waals surface area contributed by atoms with Crippen molar-refractivity contribution >= 4 is 34.7 Å². The van der Waals surface area contributed by atoms with Crippen molar-refractivity contribution in [1.82, 2.24) is 4.90 Å². The lowest BCUT2D eigenvalue weighted by Crippen LogP contribution is -2.44. The Morgan fingerprint density at radius 3 is 2.36 bits per heavy atom. The van der Waals surface area contributed by atoms with Gasteiger partial charge in [-0.1, -0.05) is 49.6 Å². The molecule has 3 aliphatic rings. The molecule has 2 aromatic carbocycles. The summed E-state index contributed by atoms with van der Waals surface area (Å²) in [6, 6.07) is 15.3. The highest BCUT2D eigenvalue weighted by atomic mass is 16.2. The Morgan fingerprint density at radius 2 is 1.64 bits per heavy atom. The molecule has 0 spiro atoms. The minimum atomic E-state index is -0.197. The van der Waals surface area contributed by atoms with Gasteiger partial charge in [0.1, 0.15) is 5.70 Å². The van der Waals surface area contributed by atoms with Crippen molar-refractivity contribution in [2.75, 3.05) is 16.8 Å². The topological polar surface area (TPSA) is 69.7 Å². The molecule has 0 atom stereocenters. The molecule has 0 unspecified atom stereocenters. The van der Waals surface area contributed by atoms with Crippen LogP contribution in [0.2, 0.25) is 0 Å². The average molecular weight is 444 g/mol. The highest BCUT2D eigenvalue weighted by molar-refractivity contribution is 6.37. The molecular weight excluding hydrogens is 414 g/mol. The van der Waals surface area contributed by atoms with Gasteiger partial charge in [-0.2, -0.15) is 0 Å². The lowest BCUT2D eigenvalue weighted by molar-refractivity contribution is -0.140. The van der Waals surface area contributed by atoms with Crippen molar-refractivity contribution in [2.45, 2.75) is 57.9 Å². The van der Waals surface area contributed by atoms with Gasteiger partial charge in [0.15, 0.2) is 0 Å². The molecule has 0 aromatic heterocycles. The number of nitrogens with zero attached hydrogens (tertiary/aromatic N) is 2. The number of amides is 3. The molecule has 6 nitrogen and oxygen atoms in total. The van der Waals surface area contributed by atoms with Gasteiger partial charge < -0.3 is 10.2 Å². The van der Waals surface area contributed by atoms with Gasteiger partial charge in [0, 0.05) is 30.9 Å². The van der Waals surface area contributed by atoms with Crippen LogP contribution in [0.4, 0.5) is 11.4 Å². The number of imide groups is 1. The summed E-state index contributed by atoms with van der Waals surface area (Å²) >= 11 is 0. The quantitative estimate of drug-likeness (QED) is 0.706. The first-order valence-corrected chi connectivity index (χ1v) is 11.9. The Hall–Kier alpha value is -3.41. The highest BCUT2D eigenvalue weighted by Gasteiger charge is 2.45. The van der Waals surface area contributed by atoms with Gasteiger partial charge in [-0.15, -0.1) is 0 Å². The number of fused-ring (bicyclic) bond motifs is 1. The number of benzene rings is 2. The summed E-state index contributed by atoms with van der Waals surface area (Å²) in [6.07, 6.45) is 6.89. The molecule has 2 aliphatic heterocycles. The molecule has 1 aliphatic carbocycles. The molecule has 170 valence electrons. The van der Waals surface area contributed by atoms with E-state index in [1.165, 1.54) is 17.4 Å². The zero-order chi connectivity index (χ0) is 22.9. The van der Waals surface area contributed by atoms with Crippen LogP contribution in [0, 0.1) is 0 Å². The molecule has 33 heavy (non-hydrogen) atoms. The Balaban J connectivity index is 1.60. The first kappa shape index (κ1) is 21.4. The Morgan fingerprint density at radius 1 is 0.909 bits per heavy atom. The zero-order valence-corrected chi connectivity index (χ0v) is 19.0. The van der Waals surface area contributed by atoms with Crippen molar-refractivity contribution in [3.63, 3.8) is 0 Å². The maximum absolute atomic E-state index is 13.9. The van der Waals surface area contributed by atoms with Crippen molar-refractivity contribution in [1.29, 1.82) is 0 Å². The molecule has 3 amide bonds. The Bertz CT molecular complexity index is 1130. The van der Waals surface area contributed by atoms with Crippen LogP contribution in [0.15, 0.2) is 54.2 Å². The molecule has 5 rings (SSSR count). The maximum Gasteiger partial charge on any atom is 0.278 e. The fourth-order valence-electron chi connectivity index (χ4n) is 5.41. The van der Waals surface area contributed by atoms with Crippen LogP contribution in [0.1, 0.15) is 56.6 Å². The first-order chi connectivity index (χ1) is 16.0. The van der Waals surface area contributed by atoms with Crippen LogP contribution in [0.25, 0.3) is 5.57 Å². The van der Waals surface area contributed by atoms with Crippen molar-refractivity contribution in [2.24, 2.45) is 0 Å². The fraction of sp³-hybridized carbons (Fsp3) is 0.370. The van der Waals surface area contributed by atoms with Crippen LogP contribution in [0.3, 0.4) is 0 Å². The van der Waals surface area contributed by atoms with Crippen LogP contribution in [-0.4, -0.2) is 35.2 Å². The standard InChI is InChI=1S/C27H29N3O3/c1-18(31)28-21-15-13-20(14-16-21)24-25(29-17-7-9-19-8-5-6-12-23(19)29)27(33)30(26(24)32)22-10-3-2-4-11-22/h5-6,8,12-16,22H,2-4,7,9-11,17H2,1H3,(H,28,31). The average Bonchev–Trinajstić information content (AvgIpc) is 3.09. The summed E-state index contributed by atoms with van der Waals surface area (Å²) in [5, 5.41) is 2.76. The summed E-state index contributed by atoms with van der Waals surface area (Å²) in [5.74, 6) is -0.523. The van der Waals surface area contributed by atoms with Gasteiger partial charge in [-0.3, -0.25) is 19.3 Å². The molecular formula is C27H29N3O3. The smallest absolute Gasteiger partial charge is 0.278 e. The summed E-state index contributed by atoms with van der Waals surface area (Å²) in [5.41, 5.74) is 4.55. The predicted molar refractivity (Wildman–Crippen MR) is 129 cm³/mol. The van der Waals surface area contributed by atoms with Crippen LogP contribution >= 0.6 is 0 Å². The van der Waals surface area contributed by atoms with Gasteiger partial charge in [0.2, 0.25) is 5.91 Å². The largest absolute Gasteiger partial charge is 0.336 e. The normalized spacial score (nSPS) is 19.2. The monoisotopic (exact) mass is 443 g/mol. The predicted octanol–water partition coefficient (Wildman–Crippen LogP) is 4.51. The highest BCUT2D eigenvalue weighted by Crippen LogP contribution is 2.40. The van der Waals surface area contributed by atoms with E-state index in [9.17, 15) is 14.4 Å². The second-order valence-corrected chi connectivity index (χ2v) is 9.14. The molecule has 1 fully saturated rings.